The second kappa shape index (κ2) is 4.23. The third kappa shape index (κ3) is 3.16. The Hall–Kier alpha value is -1.63. The fourth-order valence-electron chi connectivity index (χ4n) is 0.579. The summed E-state index contributed by atoms with van der Waals surface area (Å²) < 4.78 is 0. The number of allylic oxidation sites excluding steroid dienone is 1. The highest BCUT2D eigenvalue weighted by Gasteiger charge is 2.02. The van der Waals surface area contributed by atoms with Crippen molar-refractivity contribution >= 4 is 12.2 Å². The number of amides is 1. The molecule has 4 heteroatoms. The van der Waals surface area contributed by atoms with Crippen molar-refractivity contribution in [3.05, 3.63) is 11.1 Å². The lowest BCUT2D eigenvalue weighted by molar-refractivity contribution is -0.117. The zero-order valence-electron chi connectivity index (χ0n) is 6.13. The molecule has 2 N–H and O–H groups in total. The Labute approximate surface area is 64.3 Å². The van der Waals surface area contributed by atoms with Crippen LogP contribution in [0.25, 0.3) is 0 Å². The molecule has 0 heterocycles. The first-order valence-electron chi connectivity index (χ1n) is 2.95. The van der Waals surface area contributed by atoms with Crippen LogP contribution in [-0.2, 0) is 9.59 Å². The first kappa shape index (κ1) is 9.37. The largest absolute Gasteiger partial charge is 0.369 e. The van der Waals surface area contributed by atoms with E-state index in [2.05, 4.69) is 0 Å². The van der Waals surface area contributed by atoms with Gasteiger partial charge in [0.05, 0.1) is 5.57 Å². The van der Waals surface area contributed by atoms with Crippen LogP contribution in [0.2, 0.25) is 0 Å². The molecule has 0 saturated heterocycles. The number of nitrogens with two attached hydrogens (primary N) is 1. The van der Waals surface area contributed by atoms with Crippen molar-refractivity contribution in [3.8, 4) is 6.07 Å². The van der Waals surface area contributed by atoms with Gasteiger partial charge in [-0.15, -0.1) is 0 Å². The molecule has 0 aromatic carbocycles. The summed E-state index contributed by atoms with van der Waals surface area (Å²) in [6, 6.07) is 1.66. The van der Waals surface area contributed by atoms with Crippen molar-refractivity contribution < 1.29 is 9.59 Å². The van der Waals surface area contributed by atoms with Gasteiger partial charge in [0, 0.05) is 6.42 Å². The number of nitriles is 1. The molecule has 1 amide bonds. The van der Waals surface area contributed by atoms with Crippen LogP contribution in [0, 0.1) is 11.3 Å². The number of primary amides is 1. The third-order valence-corrected chi connectivity index (χ3v) is 1.14. The number of hydrogen-bond donors (Lipinski definition) is 1. The summed E-state index contributed by atoms with van der Waals surface area (Å²) in [6.07, 6.45) is 0.375. The molecule has 0 radical (unpaired) electrons. The van der Waals surface area contributed by atoms with E-state index in [1.54, 1.807) is 6.07 Å². The van der Waals surface area contributed by atoms with E-state index in [4.69, 9.17) is 11.0 Å². The molecule has 0 aliphatic heterocycles. The van der Waals surface area contributed by atoms with Crippen LogP contribution in [0.15, 0.2) is 11.1 Å². The Morgan fingerprint density at radius 3 is 2.55 bits per heavy atom. The SMILES string of the molecule is C/C(CC(N)=O)=C(\C#N)C=O. The summed E-state index contributed by atoms with van der Waals surface area (Å²) in [5.74, 6) is -0.544. The minimum Gasteiger partial charge on any atom is -0.369 e. The van der Waals surface area contributed by atoms with Crippen molar-refractivity contribution in [2.45, 2.75) is 13.3 Å². The standard InChI is InChI=1S/C7H8N2O2/c1-5(2-7(9)11)6(3-8)4-10/h4H,2H2,1H3,(H2,9,11)/b6-5-. The molecule has 0 unspecified atom stereocenters. The third-order valence-electron chi connectivity index (χ3n) is 1.14. The van der Waals surface area contributed by atoms with Crippen LogP contribution in [-0.4, -0.2) is 12.2 Å². The van der Waals surface area contributed by atoms with Gasteiger partial charge in [0.15, 0.2) is 6.29 Å². The molecule has 0 aliphatic carbocycles. The molecule has 0 atom stereocenters. The fraction of sp³-hybridized carbons (Fsp3) is 0.286. The zero-order valence-corrected chi connectivity index (χ0v) is 6.13. The minimum atomic E-state index is -0.544. The van der Waals surface area contributed by atoms with Crippen LogP contribution in [0.5, 0.6) is 0 Å². The normalized spacial score (nSPS) is 11.3. The summed E-state index contributed by atoms with van der Waals surface area (Å²) in [7, 11) is 0. The quantitative estimate of drug-likeness (QED) is 0.348. The van der Waals surface area contributed by atoms with Gasteiger partial charge in [-0.3, -0.25) is 9.59 Å². The van der Waals surface area contributed by atoms with Crippen LogP contribution in [0.4, 0.5) is 0 Å². The van der Waals surface area contributed by atoms with Crippen LogP contribution in [0.1, 0.15) is 13.3 Å². The monoisotopic (exact) mass is 152 g/mol. The van der Waals surface area contributed by atoms with Gasteiger partial charge in [-0.1, -0.05) is 0 Å². The Morgan fingerprint density at radius 2 is 2.27 bits per heavy atom. The van der Waals surface area contributed by atoms with Gasteiger partial charge in [-0.2, -0.15) is 5.26 Å². The molecule has 0 saturated carbocycles. The average molecular weight is 152 g/mol. The second-order valence-electron chi connectivity index (χ2n) is 2.07. The average Bonchev–Trinajstić information content (AvgIpc) is 1.88. The first-order valence-corrected chi connectivity index (χ1v) is 2.95. The number of aldehydes is 1. The molecule has 11 heavy (non-hydrogen) atoms. The highest BCUT2D eigenvalue weighted by Crippen LogP contribution is 2.03. The molecule has 0 aromatic rings. The van der Waals surface area contributed by atoms with E-state index in [0.29, 0.717) is 11.9 Å². The van der Waals surface area contributed by atoms with Gasteiger partial charge < -0.3 is 5.73 Å². The highest BCUT2D eigenvalue weighted by atomic mass is 16.1. The molecule has 0 rings (SSSR count). The van der Waals surface area contributed by atoms with Gasteiger partial charge >= 0.3 is 0 Å². The Balaban J connectivity index is 4.52. The number of nitrogens with zero attached hydrogens (tertiary/aromatic N) is 1. The molecule has 0 spiro atoms. The fourth-order valence-corrected chi connectivity index (χ4v) is 0.579. The molecule has 58 valence electrons. The van der Waals surface area contributed by atoms with E-state index >= 15 is 0 Å². The lowest BCUT2D eigenvalue weighted by Gasteiger charge is -1.94. The van der Waals surface area contributed by atoms with E-state index in [0.717, 1.165) is 0 Å². The predicted molar refractivity (Wildman–Crippen MR) is 38.2 cm³/mol. The maximum atomic E-state index is 10.3. The van der Waals surface area contributed by atoms with Crippen LogP contribution in [0.3, 0.4) is 0 Å². The molecule has 4 nitrogen and oxygen atoms in total. The van der Waals surface area contributed by atoms with E-state index in [-0.39, 0.29) is 12.0 Å². The van der Waals surface area contributed by atoms with E-state index in [1.165, 1.54) is 6.92 Å². The molecule has 0 aliphatic rings. The second-order valence-corrected chi connectivity index (χ2v) is 2.07. The number of hydrogen-bond acceptors (Lipinski definition) is 3. The molecular weight excluding hydrogens is 144 g/mol. The highest BCUT2D eigenvalue weighted by molar-refractivity contribution is 5.84. The van der Waals surface area contributed by atoms with Crippen molar-refractivity contribution in [2.75, 3.05) is 0 Å². The Bertz CT molecular complexity index is 248. The van der Waals surface area contributed by atoms with Crippen molar-refractivity contribution in [1.82, 2.24) is 0 Å². The first-order chi connectivity index (χ1) is 5.11. The molecule has 0 aromatic heterocycles. The smallest absolute Gasteiger partial charge is 0.221 e. The van der Waals surface area contributed by atoms with Crippen molar-refractivity contribution in [2.24, 2.45) is 5.73 Å². The molecular formula is C7H8N2O2. The topological polar surface area (TPSA) is 83.9 Å². The van der Waals surface area contributed by atoms with E-state index < -0.39 is 5.91 Å². The van der Waals surface area contributed by atoms with Gasteiger partial charge in [0.1, 0.15) is 6.07 Å². The Kier molecular flexibility index (Phi) is 3.60. The van der Waals surface area contributed by atoms with Gasteiger partial charge in [0.2, 0.25) is 5.91 Å². The van der Waals surface area contributed by atoms with Crippen molar-refractivity contribution in [3.63, 3.8) is 0 Å². The maximum Gasteiger partial charge on any atom is 0.221 e. The number of carbonyl (C=O) groups is 2. The summed E-state index contributed by atoms with van der Waals surface area (Å²) >= 11 is 0. The summed E-state index contributed by atoms with van der Waals surface area (Å²) in [4.78, 5) is 20.4. The van der Waals surface area contributed by atoms with E-state index in [9.17, 15) is 9.59 Å². The van der Waals surface area contributed by atoms with Gasteiger partial charge in [0.25, 0.3) is 0 Å². The lowest BCUT2D eigenvalue weighted by atomic mass is 10.1. The minimum absolute atomic E-state index is 0.0243. The number of carbonyl (C=O) groups excluding carboxylic acids is 2. The molecule has 0 bridgehead atoms. The molecule has 0 fully saturated rings. The summed E-state index contributed by atoms with van der Waals surface area (Å²) in [5.41, 5.74) is 5.23. The van der Waals surface area contributed by atoms with Crippen LogP contribution < -0.4 is 5.73 Å². The predicted octanol–water partition coefficient (Wildman–Crippen LogP) is -0.0992. The van der Waals surface area contributed by atoms with Gasteiger partial charge in [-0.05, 0) is 12.5 Å². The number of rotatable bonds is 3. The summed E-state index contributed by atoms with van der Waals surface area (Å²) in [5, 5.41) is 8.32. The van der Waals surface area contributed by atoms with E-state index in [1.807, 2.05) is 0 Å². The van der Waals surface area contributed by atoms with Gasteiger partial charge in [-0.25, -0.2) is 0 Å². The summed E-state index contributed by atoms with van der Waals surface area (Å²) in [6.45, 7) is 1.53. The maximum absolute atomic E-state index is 10.3. The Morgan fingerprint density at radius 1 is 1.73 bits per heavy atom. The van der Waals surface area contributed by atoms with Crippen molar-refractivity contribution in [1.29, 1.82) is 5.26 Å². The lowest BCUT2D eigenvalue weighted by Crippen LogP contribution is -2.11. The zero-order chi connectivity index (χ0) is 8.85. The van der Waals surface area contributed by atoms with Crippen LogP contribution >= 0.6 is 0 Å².